The van der Waals surface area contributed by atoms with Crippen LogP contribution in [0.1, 0.15) is 245 Å². The zero-order valence-electron chi connectivity index (χ0n) is 42.0. The van der Waals surface area contributed by atoms with Crippen LogP contribution in [-0.2, 0) is 37.5 Å². The topological polar surface area (TPSA) is 172 Å². The van der Waals surface area contributed by atoms with E-state index >= 15 is 0 Å². The van der Waals surface area contributed by atoms with Gasteiger partial charge >= 0.3 is 25.7 Å². The van der Waals surface area contributed by atoms with Crippen molar-refractivity contribution in [2.45, 2.75) is 257 Å². The van der Waals surface area contributed by atoms with E-state index in [4.69, 9.17) is 24.8 Å². The van der Waals surface area contributed by atoms with E-state index in [0.29, 0.717) is 19.3 Å². The largest absolute Gasteiger partial charge is 0.480 e. The molecule has 384 valence electrons. The summed E-state index contributed by atoms with van der Waals surface area (Å²) in [7, 11) is -4.74. The molecule has 0 aliphatic heterocycles. The third-order valence-electron chi connectivity index (χ3n) is 11.6. The maximum Gasteiger partial charge on any atom is 0.472 e. The van der Waals surface area contributed by atoms with Gasteiger partial charge in [0.2, 0.25) is 0 Å². The van der Waals surface area contributed by atoms with Crippen LogP contribution in [0.5, 0.6) is 0 Å². The van der Waals surface area contributed by atoms with E-state index in [9.17, 15) is 23.8 Å². The molecule has 4 N–H and O–H groups in total. The summed E-state index contributed by atoms with van der Waals surface area (Å²) < 4.78 is 32.8. The molecule has 66 heavy (non-hydrogen) atoms. The molecule has 12 heteroatoms. The molecule has 0 saturated heterocycles. The molecule has 1 unspecified atom stereocenters. The second kappa shape index (κ2) is 48.9. The Morgan fingerprint density at radius 1 is 0.470 bits per heavy atom. The Kier molecular flexibility index (Phi) is 47.0. The number of phosphoric ester groups is 1. The number of hydrogen-bond acceptors (Lipinski definition) is 9. The van der Waals surface area contributed by atoms with Crippen molar-refractivity contribution < 1.29 is 47.5 Å². The molecule has 0 aromatic rings. The number of aliphatic carboxylic acids is 1. The van der Waals surface area contributed by atoms with Gasteiger partial charge in [0.25, 0.3) is 0 Å². The highest BCUT2D eigenvalue weighted by molar-refractivity contribution is 7.47. The van der Waals surface area contributed by atoms with Crippen molar-refractivity contribution in [3.8, 4) is 0 Å². The van der Waals surface area contributed by atoms with Gasteiger partial charge in [0, 0.05) is 12.8 Å². The van der Waals surface area contributed by atoms with Crippen molar-refractivity contribution in [2.75, 3.05) is 19.8 Å². The minimum absolute atomic E-state index is 0.0864. The summed E-state index contributed by atoms with van der Waals surface area (Å²) in [5.74, 6) is -2.44. The number of carboxylic acids is 1. The summed E-state index contributed by atoms with van der Waals surface area (Å²) in [6.45, 7) is 2.79. The van der Waals surface area contributed by atoms with E-state index in [1.54, 1.807) is 0 Å². The summed E-state index contributed by atoms with van der Waals surface area (Å²) in [6, 6.07) is -1.53. The van der Waals surface area contributed by atoms with Crippen molar-refractivity contribution in [3.63, 3.8) is 0 Å². The predicted octanol–water partition coefficient (Wildman–Crippen LogP) is 15.3. The molecule has 0 spiro atoms. The van der Waals surface area contributed by atoms with Gasteiger partial charge < -0.3 is 25.2 Å². The van der Waals surface area contributed by atoms with Crippen LogP contribution >= 0.6 is 7.82 Å². The number of unbranched alkanes of at least 4 members (excludes halogenated alkanes) is 28. The lowest BCUT2D eigenvalue weighted by Crippen LogP contribution is -2.34. The number of ether oxygens (including phenoxy) is 2. The molecule has 0 aromatic heterocycles. The highest BCUT2D eigenvalue weighted by Crippen LogP contribution is 2.43. The van der Waals surface area contributed by atoms with Crippen LogP contribution in [0, 0.1) is 0 Å². The van der Waals surface area contributed by atoms with Crippen LogP contribution in [0.15, 0.2) is 48.6 Å². The molecule has 0 aliphatic carbocycles. The first-order valence-corrected chi connectivity index (χ1v) is 28.2. The zero-order chi connectivity index (χ0) is 48.4. The van der Waals surface area contributed by atoms with Crippen LogP contribution in [0.3, 0.4) is 0 Å². The van der Waals surface area contributed by atoms with E-state index in [0.717, 1.165) is 38.5 Å². The minimum atomic E-state index is -4.74. The van der Waals surface area contributed by atoms with Gasteiger partial charge in [-0.05, 0) is 51.4 Å². The molecule has 3 atom stereocenters. The van der Waals surface area contributed by atoms with Crippen molar-refractivity contribution in [3.05, 3.63) is 48.6 Å². The lowest BCUT2D eigenvalue weighted by atomic mass is 10.0. The third kappa shape index (κ3) is 47.9. The van der Waals surface area contributed by atoms with Crippen LogP contribution in [0.25, 0.3) is 0 Å². The summed E-state index contributed by atoms with van der Waals surface area (Å²) in [5.41, 5.74) is 5.35. The van der Waals surface area contributed by atoms with Crippen molar-refractivity contribution in [1.82, 2.24) is 0 Å². The molecule has 0 bridgehead atoms. The average Bonchev–Trinajstić information content (AvgIpc) is 3.30. The van der Waals surface area contributed by atoms with Gasteiger partial charge in [-0.2, -0.15) is 0 Å². The molecule has 0 rings (SSSR count). The molecule has 0 radical (unpaired) electrons. The first-order valence-electron chi connectivity index (χ1n) is 26.7. The lowest BCUT2D eigenvalue weighted by Gasteiger charge is -2.20. The monoisotopic (exact) mass is 952 g/mol. The van der Waals surface area contributed by atoms with E-state index in [1.807, 2.05) is 12.2 Å². The van der Waals surface area contributed by atoms with Crippen molar-refractivity contribution in [1.29, 1.82) is 0 Å². The maximum absolute atomic E-state index is 12.7. The quantitative estimate of drug-likeness (QED) is 0.0229. The average molecular weight is 952 g/mol. The summed E-state index contributed by atoms with van der Waals surface area (Å²) in [5, 5.41) is 8.93. The fraction of sp³-hybridized carbons (Fsp3) is 0.796. The van der Waals surface area contributed by atoms with Crippen LogP contribution in [-0.4, -0.2) is 59.9 Å². The van der Waals surface area contributed by atoms with Gasteiger partial charge in [0.1, 0.15) is 12.6 Å². The van der Waals surface area contributed by atoms with Gasteiger partial charge in [-0.25, -0.2) is 4.57 Å². The number of phosphoric acid groups is 1. The lowest BCUT2D eigenvalue weighted by molar-refractivity contribution is -0.161. The maximum atomic E-state index is 12.7. The number of carbonyl (C=O) groups excluding carboxylic acids is 2. The molecule has 0 saturated carbocycles. The Labute approximate surface area is 403 Å². The predicted molar refractivity (Wildman–Crippen MR) is 272 cm³/mol. The Hall–Kier alpha value is -2.56. The van der Waals surface area contributed by atoms with Crippen molar-refractivity contribution >= 4 is 25.7 Å². The highest BCUT2D eigenvalue weighted by atomic mass is 31.2. The Morgan fingerprint density at radius 3 is 1.24 bits per heavy atom. The Bertz CT molecular complexity index is 1300. The minimum Gasteiger partial charge on any atom is -0.480 e. The highest BCUT2D eigenvalue weighted by Gasteiger charge is 2.28. The van der Waals surface area contributed by atoms with Crippen molar-refractivity contribution in [2.24, 2.45) is 5.73 Å². The van der Waals surface area contributed by atoms with Gasteiger partial charge in [0.05, 0.1) is 13.2 Å². The van der Waals surface area contributed by atoms with Gasteiger partial charge in [0.15, 0.2) is 6.10 Å². The normalized spacial score (nSPS) is 13.9. The number of nitrogens with two attached hydrogens (primary N) is 1. The fourth-order valence-corrected chi connectivity index (χ4v) is 8.19. The summed E-state index contributed by atoms with van der Waals surface area (Å²) >= 11 is 0. The van der Waals surface area contributed by atoms with Crippen LogP contribution in [0.2, 0.25) is 0 Å². The van der Waals surface area contributed by atoms with E-state index < -0.39 is 51.1 Å². The first kappa shape index (κ1) is 63.4. The van der Waals surface area contributed by atoms with E-state index in [2.05, 4.69) is 54.8 Å². The SMILES string of the molecule is CCCCCCCCC/C=C/C/C=C/C/C=C/C/C=C/CCCC(=O)O[C@H](COC(=O)CCCCCCCCCCCCCCCCCCCCCCC)COP(=O)(O)OC[C@H](N)C(=O)O. The van der Waals surface area contributed by atoms with Crippen LogP contribution < -0.4 is 5.73 Å². The molecular formula is C54H98NO10P. The number of carbonyl (C=O) groups is 3. The molecule has 11 nitrogen and oxygen atoms in total. The molecule has 0 fully saturated rings. The molecule has 0 aliphatic rings. The molecular weight excluding hydrogens is 854 g/mol. The fourth-order valence-electron chi connectivity index (χ4n) is 7.41. The smallest absolute Gasteiger partial charge is 0.472 e. The number of hydrogen-bond donors (Lipinski definition) is 3. The third-order valence-corrected chi connectivity index (χ3v) is 12.5. The van der Waals surface area contributed by atoms with Gasteiger partial charge in [-0.15, -0.1) is 0 Å². The Morgan fingerprint density at radius 2 is 0.818 bits per heavy atom. The number of rotatable bonds is 50. The second-order valence-corrected chi connectivity index (χ2v) is 19.5. The van der Waals surface area contributed by atoms with E-state index in [1.165, 1.54) is 161 Å². The number of esters is 2. The first-order chi connectivity index (χ1) is 32.1. The standard InChI is InChI=1S/C54H98NO10P/c1-3-5-7-9-11-13-15-17-19-21-23-25-27-29-31-33-35-37-39-41-43-45-52(56)62-47-50(48-63-66(60,61)64-49-51(55)54(58)59)65-53(57)46-44-42-40-38-36-34-32-30-28-26-24-22-20-18-16-14-12-10-8-6-4-2/h20,22,26,28,32,34,38,40,50-51H,3-19,21,23-25,27,29-31,33,35-37,39,41-49,55H2,1-2H3,(H,58,59)(H,60,61)/b22-20+,28-26+,34-32+,40-38+/t50-,51+/m1/s1. The van der Waals surface area contributed by atoms with Gasteiger partial charge in [-0.3, -0.25) is 23.4 Å². The zero-order valence-corrected chi connectivity index (χ0v) is 42.9. The number of carboxylic acid groups (broad SMARTS) is 1. The molecule has 0 aromatic carbocycles. The Balaban J connectivity index is 4.30. The molecule has 0 heterocycles. The number of allylic oxidation sites excluding steroid dienone is 8. The summed E-state index contributed by atoms with van der Waals surface area (Å²) in [4.78, 5) is 46.2. The molecule has 0 amide bonds. The van der Waals surface area contributed by atoms with Gasteiger partial charge in [-0.1, -0.05) is 229 Å². The second-order valence-electron chi connectivity index (χ2n) is 18.0. The van der Waals surface area contributed by atoms with E-state index in [-0.39, 0.29) is 19.4 Å². The van der Waals surface area contributed by atoms with Crippen LogP contribution in [0.4, 0.5) is 0 Å². The summed E-state index contributed by atoms with van der Waals surface area (Å²) in [6.07, 6.45) is 57.6.